The molecule has 1 amide bonds. The number of hydrogen-bond acceptors (Lipinski definition) is 4. The lowest BCUT2D eigenvalue weighted by Crippen LogP contribution is -2.40. The molecule has 1 atom stereocenters. The second kappa shape index (κ2) is 11.6. The first kappa shape index (κ1) is 24.5. The normalized spacial score (nSPS) is 21.5. The second-order valence-corrected chi connectivity index (χ2v) is 11.0. The fraction of sp³-hybridized carbons (Fsp3) is 0.696. The van der Waals surface area contributed by atoms with Crippen molar-refractivity contribution in [2.75, 3.05) is 32.7 Å². The maximum absolute atomic E-state index is 13.1. The molecule has 174 valence electrons. The van der Waals surface area contributed by atoms with E-state index in [1.807, 2.05) is 0 Å². The zero-order valence-electron chi connectivity index (χ0n) is 18.6. The molecule has 0 saturated carbocycles. The lowest BCUT2D eigenvalue weighted by atomic mass is 10.00. The molecule has 2 aliphatic rings. The number of amides is 1. The number of carbonyl (C=O) groups is 1. The lowest BCUT2D eigenvalue weighted by Gasteiger charge is -2.35. The van der Waals surface area contributed by atoms with Crippen LogP contribution in [0.15, 0.2) is 23.1 Å². The summed E-state index contributed by atoms with van der Waals surface area (Å²) in [6, 6.07) is 5.09. The van der Waals surface area contributed by atoms with Crippen LogP contribution in [0, 0.1) is 0 Å². The Balaban J connectivity index is 1.59. The topological polar surface area (TPSA) is 69.7 Å². The average Bonchev–Trinajstić information content (AvgIpc) is 3.07. The highest BCUT2D eigenvalue weighted by Crippen LogP contribution is 2.25. The molecule has 0 unspecified atom stereocenters. The summed E-state index contributed by atoms with van der Waals surface area (Å²) in [7, 11) is -3.62. The monoisotopic (exact) mass is 469 g/mol. The zero-order valence-corrected chi connectivity index (χ0v) is 20.2. The van der Waals surface area contributed by atoms with Crippen LogP contribution >= 0.6 is 11.6 Å². The smallest absolute Gasteiger partial charge is 0.252 e. The summed E-state index contributed by atoms with van der Waals surface area (Å²) in [4.78, 5) is 15.4. The highest BCUT2D eigenvalue weighted by molar-refractivity contribution is 7.89. The maximum Gasteiger partial charge on any atom is 0.252 e. The van der Waals surface area contributed by atoms with Gasteiger partial charge in [0.2, 0.25) is 10.0 Å². The Bertz CT molecular complexity index is 838. The first-order valence-electron chi connectivity index (χ1n) is 11.8. The SMILES string of the molecule is CC[C@H]1CCCCN1CCCNC(=O)c1cc(S(=O)(=O)N2CCCCCC2)ccc1Cl. The third-order valence-corrected chi connectivity index (χ3v) is 8.74. The minimum Gasteiger partial charge on any atom is -0.352 e. The summed E-state index contributed by atoms with van der Waals surface area (Å²) in [6.45, 7) is 5.94. The maximum atomic E-state index is 13.1. The van der Waals surface area contributed by atoms with Crippen molar-refractivity contribution in [3.05, 3.63) is 28.8 Å². The van der Waals surface area contributed by atoms with E-state index in [0.29, 0.717) is 25.7 Å². The van der Waals surface area contributed by atoms with Crippen molar-refractivity contribution in [3.8, 4) is 0 Å². The van der Waals surface area contributed by atoms with Crippen LogP contribution in [0.2, 0.25) is 5.02 Å². The molecule has 0 bridgehead atoms. The van der Waals surface area contributed by atoms with E-state index in [1.165, 1.54) is 48.2 Å². The Kier molecular flexibility index (Phi) is 9.19. The van der Waals surface area contributed by atoms with Gasteiger partial charge in [-0.15, -0.1) is 0 Å². The molecule has 1 aromatic rings. The van der Waals surface area contributed by atoms with Crippen LogP contribution in [0.4, 0.5) is 0 Å². The number of nitrogens with one attached hydrogen (secondary N) is 1. The van der Waals surface area contributed by atoms with Gasteiger partial charge in [-0.1, -0.05) is 37.8 Å². The van der Waals surface area contributed by atoms with Crippen LogP contribution in [0.3, 0.4) is 0 Å². The third-order valence-electron chi connectivity index (χ3n) is 6.51. The Hall–Kier alpha value is -1.15. The molecule has 6 nitrogen and oxygen atoms in total. The third kappa shape index (κ3) is 6.44. The number of benzene rings is 1. The minimum atomic E-state index is -3.62. The van der Waals surface area contributed by atoms with E-state index in [4.69, 9.17) is 11.6 Å². The molecule has 1 aromatic carbocycles. The highest BCUT2D eigenvalue weighted by atomic mass is 35.5. The summed E-state index contributed by atoms with van der Waals surface area (Å²) in [5.74, 6) is -0.316. The predicted molar refractivity (Wildman–Crippen MR) is 125 cm³/mol. The first-order valence-corrected chi connectivity index (χ1v) is 13.6. The number of halogens is 1. The Morgan fingerprint density at radius 2 is 1.81 bits per heavy atom. The molecule has 1 N–H and O–H groups in total. The van der Waals surface area contributed by atoms with Gasteiger partial charge in [-0.3, -0.25) is 4.79 Å². The summed E-state index contributed by atoms with van der Waals surface area (Å²) in [6.07, 6.45) is 9.69. The van der Waals surface area contributed by atoms with E-state index in [9.17, 15) is 13.2 Å². The van der Waals surface area contributed by atoms with Gasteiger partial charge in [0, 0.05) is 32.2 Å². The van der Waals surface area contributed by atoms with E-state index in [2.05, 4.69) is 17.1 Å². The van der Waals surface area contributed by atoms with E-state index in [1.54, 1.807) is 0 Å². The van der Waals surface area contributed by atoms with Crippen molar-refractivity contribution < 1.29 is 13.2 Å². The fourth-order valence-electron chi connectivity index (χ4n) is 4.67. The quantitative estimate of drug-likeness (QED) is 0.576. The van der Waals surface area contributed by atoms with Crippen LogP contribution in [0.5, 0.6) is 0 Å². The Morgan fingerprint density at radius 1 is 1.10 bits per heavy atom. The van der Waals surface area contributed by atoms with Gasteiger partial charge in [0.15, 0.2) is 0 Å². The van der Waals surface area contributed by atoms with E-state index in [0.717, 1.165) is 45.2 Å². The fourth-order valence-corrected chi connectivity index (χ4v) is 6.41. The molecule has 0 spiro atoms. The van der Waals surface area contributed by atoms with Gasteiger partial charge in [-0.25, -0.2) is 8.42 Å². The molecule has 3 rings (SSSR count). The zero-order chi connectivity index (χ0) is 22.3. The van der Waals surface area contributed by atoms with Crippen molar-refractivity contribution in [1.82, 2.24) is 14.5 Å². The van der Waals surface area contributed by atoms with Gasteiger partial charge in [0.05, 0.1) is 15.5 Å². The standard InChI is InChI=1S/C23H36ClN3O3S/c1-2-19-10-5-8-14-26(19)15-9-13-25-23(28)21-18-20(11-12-22(21)24)31(29,30)27-16-6-3-4-7-17-27/h11-12,18-19H,2-10,13-17H2,1H3,(H,25,28)/t19-/m0/s1. The van der Waals surface area contributed by atoms with Crippen molar-refractivity contribution >= 4 is 27.5 Å². The number of piperidine rings is 1. The lowest BCUT2D eigenvalue weighted by molar-refractivity contribution is 0.0947. The summed E-state index contributed by atoms with van der Waals surface area (Å²) < 4.78 is 27.7. The van der Waals surface area contributed by atoms with Crippen LogP contribution in [0.1, 0.15) is 75.1 Å². The van der Waals surface area contributed by atoms with E-state index >= 15 is 0 Å². The summed E-state index contributed by atoms with van der Waals surface area (Å²) in [5, 5.41) is 3.19. The molecule has 2 fully saturated rings. The largest absolute Gasteiger partial charge is 0.352 e. The van der Waals surface area contributed by atoms with Crippen molar-refractivity contribution in [3.63, 3.8) is 0 Å². The number of rotatable bonds is 8. The molecule has 0 aromatic heterocycles. The molecule has 8 heteroatoms. The molecule has 2 heterocycles. The van der Waals surface area contributed by atoms with Crippen LogP contribution in [-0.2, 0) is 10.0 Å². The van der Waals surface area contributed by atoms with Crippen LogP contribution < -0.4 is 5.32 Å². The molecule has 2 aliphatic heterocycles. The van der Waals surface area contributed by atoms with Gasteiger partial charge in [0.1, 0.15) is 0 Å². The van der Waals surface area contributed by atoms with Crippen molar-refractivity contribution in [2.24, 2.45) is 0 Å². The van der Waals surface area contributed by atoms with Crippen LogP contribution in [0.25, 0.3) is 0 Å². The van der Waals surface area contributed by atoms with Gasteiger partial charge in [0.25, 0.3) is 5.91 Å². The minimum absolute atomic E-state index is 0.142. The number of carbonyl (C=O) groups excluding carboxylic acids is 1. The van der Waals surface area contributed by atoms with Gasteiger partial charge < -0.3 is 10.2 Å². The van der Waals surface area contributed by atoms with Crippen molar-refractivity contribution in [1.29, 1.82) is 0 Å². The van der Waals surface area contributed by atoms with Gasteiger partial charge in [-0.2, -0.15) is 4.31 Å². The molecule has 2 saturated heterocycles. The van der Waals surface area contributed by atoms with Crippen LogP contribution in [-0.4, -0.2) is 62.3 Å². The van der Waals surface area contributed by atoms with E-state index in [-0.39, 0.29) is 21.4 Å². The number of sulfonamides is 1. The highest BCUT2D eigenvalue weighted by Gasteiger charge is 2.27. The Morgan fingerprint density at radius 3 is 2.52 bits per heavy atom. The molecular formula is C23H36ClN3O3S. The average molecular weight is 470 g/mol. The Labute approximate surface area is 192 Å². The predicted octanol–water partition coefficient (Wildman–Crippen LogP) is 4.29. The molecular weight excluding hydrogens is 434 g/mol. The first-order chi connectivity index (χ1) is 14.9. The number of hydrogen-bond donors (Lipinski definition) is 1. The number of nitrogens with zero attached hydrogens (tertiary/aromatic N) is 2. The molecule has 0 aliphatic carbocycles. The summed E-state index contributed by atoms with van der Waals surface area (Å²) in [5.41, 5.74) is 0.224. The molecule has 31 heavy (non-hydrogen) atoms. The van der Waals surface area contributed by atoms with Gasteiger partial charge >= 0.3 is 0 Å². The van der Waals surface area contributed by atoms with Crippen molar-refractivity contribution in [2.45, 2.75) is 75.6 Å². The van der Waals surface area contributed by atoms with Gasteiger partial charge in [-0.05, 0) is 63.3 Å². The van der Waals surface area contributed by atoms with E-state index < -0.39 is 10.0 Å². The summed E-state index contributed by atoms with van der Waals surface area (Å²) >= 11 is 6.25. The second-order valence-electron chi connectivity index (χ2n) is 8.66. The number of likely N-dealkylation sites (tertiary alicyclic amines) is 1. The molecule has 0 radical (unpaired) electrons.